The van der Waals surface area contributed by atoms with Crippen LogP contribution in [0, 0.1) is 6.92 Å². The van der Waals surface area contributed by atoms with Gasteiger partial charge in [0.2, 0.25) is 0 Å². The molecule has 0 aliphatic rings. The van der Waals surface area contributed by atoms with E-state index in [9.17, 15) is 0 Å². The van der Waals surface area contributed by atoms with Crippen LogP contribution in [0.1, 0.15) is 16.4 Å². The molecule has 0 fully saturated rings. The van der Waals surface area contributed by atoms with Crippen molar-refractivity contribution >= 4 is 11.3 Å². The molecule has 2 aromatic rings. The van der Waals surface area contributed by atoms with Crippen LogP contribution in [0.25, 0.3) is 0 Å². The standard InChI is InChI=1S/C11H17N5OS/c1-9-8-18-11(13-9)2-3-12-6-10-7-16(4-5-17)15-14-10/h7-8,12,17H,2-6H2,1H3. The molecular weight excluding hydrogens is 250 g/mol. The molecule has 0 unspecified atom stereocenters. The number of nitrogens with zero attached hydrogens (tertiary/aromatic N) is 4. The van der Waals surface area contributed by atoms with Crippen LogP contribution in [0.4, 0.5) is 0 Å². The van der Waals surface area contributed by atoms with Crippen LogP contribution < -0.4 is 5.32 Å². The first-order valence-electron chi connectivity index (χ1n) is 5.89. The van der Waals surface area contributed by atoms with Gasteiger partial charge in [-0.25, -0.2) is 9.67 Å². The molecular formula is C11H17N5OS. The van der Waals surface area contributed by atoms with E-state index < -0.39 is 0 Å². The predicted molar refractivity (Wildman–Crippen MR) is 69.4 cm³/mol. The highest BCUT2D eigenvalue weighted by Gasteiger charge is 2.01. The Morgan fingerprint density at radius 3 is 3.11 bits per heavy atom. The number of aliphatic hydroxyl groups is 1. The summed E-state index contributed by atoms with van der Waals surface area (Å²) < 4.78 is 1.64. The molecule has 0 atom stereocenters. The topological polar surface area (TPSA) is 75.9 Å². The van der Waals surface area contributed by atoms with Gasteiger partial charge >= 0.3 is 0 Å². The summed E-state index contributed by atoms with van der Waals surface area (Å²) in [5, 5.41) is 23.2. The molecule has 2 N–H and O–H groups in total. The maximum Gasteiger partial charge on any atom is 0.0964 e. The number of hydrogen-bond donors (Lipinski definition) is 2. The molecule has 98 valence electrons. The smallest absolute Gasteiger partial charge is 0.0964 e. The number of rotatable bonds is 7. The van der Waals surface area contributed by atoms with Gasteiger partial charge in [0.15, 0.2) is 0 Å². The summed E-state index contributed by atoms with van der Waals surface area (Å²) in [5.74, 6) is 0. The molecule has 0 saturated heterocycles. The minimum absolute atomic E-state index is 0.0830. The highest BCUT2D eigenvalue weighted by Crippen LogP contribution is 2.08. The lowest BCUT2D eigenvalue weighted by Crippen LogP contribution is -2.16. The van der Waals surface area contributed by atoms with Crippen molar-refractivity contribution in [3.63, 3.8) is 0 Å². The summed E-state index contributed by atoms with van der Waals surface area (Å²) in [7, 11) is 0. The van der Waals surface area contributed by atoms with E-state index in [0.29, 0.717) is 13.1 Å². The molecule has 7 heteroatoms. The van der Waals surface area contributed by atoms with Crippen molar-refractivity contribution < 1.29 is 5.11 Å². The normalized spacial score (nSPS) is 11.0. The largest absolute Gasteiger partial charge is 0.394 e. The Morgan fingerprint density at radius 2 is 2.39 bits per heavy atom. The van der Waals surface area contributed by atoms with E-state index in [1.54, 1.807) is 16.0 Å². The molecule has 0 aromatic carbocycles. The first kappa shape index (κ1) is 13.1. The van der Waals surface area contributed by atoms with E-state index in [-0.39, 0.29) is 6.61 Å². The third kappa shape index (κ3) is 3.86. The molecule has 0 aliphatic carbocycles. The molecule has 0 aliphatic heterocycles. The molecule has 2 heterocycles. The summed E-state index contributed by atoms with van der Waals surface area (Å²) in [6.45, 7) is 4.15. The van der Waals surface area contributed by atoms with Crippen molar-refractivity contribution in [1.29, 1.82) is 0 Å². The van der Waals surface area contributed by atoms with Crippen molar-refractivity contribution in [2.24, 2.45) is 0 Å². The van der Waals surface area contributed by atoms with Crippen molar-refractivity contribution in [3.05, 3.63) is 28.0 Å². The Kier molecular flexibility index (Phi) is 4.80. The predicted octanol–water partition coefficient (Wildman–Crippen LogP) is 0.368. The molecule has 0 saturated carbocycles. The summed E-state index contributed by atoms with van der Waals surface area (Å²) in [5.41, 5.74) is 1.97. The van der Waals surface area contributed by atoms with Gasteiger partial charge in [-0.05, 0) is 6.92 Å². The first-order chi connectivity index (χ1) is 8.78. The summed E-state index contributed by atoms with van der Waals surface area (Å²) in [6.07, 6.45) is 2.78. The third-order valence-electron chi connectivity index (χ3n) is 2.40. The minimum Gasteiger partial charge on any atom is -0.394 e. The molecule has 0 amide bonds. The average Bonchev–Trinajstić information content (AvgIpc) is 2.95. The minimum atomic E-state index is 0.0830. The van der Waals surface area contributed by atoms with Crippen LogP contribution in [0.15, 0.2) is 11.6 Å². The first-order valence-corrected chi connectivity index (χ1v) is 6.77. The number of aliphatic hydroxyl groups excluding tert-OH is 1. The second kappa shape index (κ2) is 6.58. The Hall–Kier alpha value is -1.31. The van der Waals surface area contributed by atoms with E-state index in [0.717, 1.165) is 29.4 Å². The van der Waals surface area contributed by atoms with Crippen molar-refractivity contribution in [1.82, 2.24) is 25.3 Å². The van der Waals surface area contributed by atoms with Gasteiger partial charge in [-0.2, -0.15) is 0 Å². The third-order valence-corrected chi connectivity index (χ3v) is 3.43. The van der Waals surface area contributed by atoms with Gasteiger partial charge in [0.05, 0.1) is 23.9 Å². The maximum atomic E-state index is 8.76. The summed E-state index contributed by atoms with van der Waals surface area (Å²) >= 11 is 1.70. The lowest BCUT2D eigenvalue weighted by molar-refractivity contribution is 0.268. The Labute approximate surface area is 110 Å². The van der Waals surface area contributed by atoms with Gasteiger partial charge in [0.1, 0.15) is 0 Å². The quantitative estimate of drug-likeness (QED) is 0.709. The Balaban J connectivity index is 1.68. The fraction of sp³-hybridized carbons (Fsp3) is 0.545. The molecule has 0 bridgehead atoms. The fourth-order valence-corrected chi connectivity index (χ4v) is 2.34. The second-order valence-electron chi connectivity index (χ2n) is 4.01. The highest BCUT2D eigenvalue weighted by molar-refractivity contribution is 7.09. The van der Waals surface area contributed by atoms with E-state index in [4.69, 9.17) is 5.11 Å². The van der Waals surface area contributed by atoms with E-state index >= 15 is 0 Å². The molecule has 6 nitrogen and oxygen atoms in total. The van der Waals surface area contributed by atoms with Crippen LogP contribution in [-0.2, 0) is 19.5 Å². The molecule has 18 heavy (non-hydrogen) atoms. The average molecular weight is 267 g/mol. The summed E-state index contributed by atoms with van der Waals surface area (Å²) in [6, 6.07) is 0. The highest BCUT2D eigenvalue weighted by atomic mass is 32.1. The zero-order chi connectivity index (χ0) is 12.8. The van der Waals surface area contributed by atoms with Crippen LogP contribution in [0.5, 0.6) is 0 Å². The van der Waals surface area contributed by atoms with E-state index in [1.807, 2.05) is 13.1 Å². The van der Waals surface area contributed by atoms with Crippen molar-refractivity contribution in [2.75, 3.05) is 13.2 Å². The molecule has 0 spiro atoms. The second-order valence-corrected chi connectivity index (χ2v) is 4.95. The number of thiazole rings is 1. The van der Waals surface area contributed by atoms with Crippen molar-refractivity contribution in [2.45, 2.75) is 26.4 Å². The maximum absolute atomic E-state index is 8.76. The van der Waals surface area contributed by atoms with Crippen LogP contribution in [0.2, 0.25) is 0 Å². The zero-order valence-electron chi connectivity index (χ0n) is 10.3. The van der Waals surface area contributed by atoms with Crippen LogP contribution in [0.3, 0.4) is 0 Å². The number of hydrogen-bond acceptors (Lipinski definition) is 6. The number of nitrogens with one attached hydrogen (secondary N) is 1. The lowest BCUT2D eigenvalue weighted by Gasteiger charge is -1.99. The van der Waals surface area contributed by atoms with Gasteiger partial charge in [-0.15, -0.1) is 16.4 Å². The zero-order valence-corrected chi connectivity index (χ0v) is 11.2. The van der Waals surface area contributed by atoms with Crippen molar-refractivity contribution in [3.8, 4) is 0 Å². The Bertz CT molecular complexity index is 481. The molecule has 0 radical (unpaired) electrons. The van der Waals surface area contributed by atoms with Gasteiger partial charge in [0, 0.05) is 36.8 Å². The summed E-state index contributed by atoms with van der Waals surface area (Å²) in [4.78, 5) is 4.40. The van der Waals surface area contributed by atoms with E-state index in [2.05, 4.69) is 26.0 Å². The van der Waals surface area contributed by atoms with Gasteiger partial charge in [0.25, 0.3) is 0 Å². The Morgan fingerprint density at radius 1 is 1.50 bits per heavy atom. The number of aromatic nitrogens is 4. The molecule has 2 rings (SSSR count). The number of aryl methyl sites for hydroxylation is 1. The van der Waals surface area contributed by atoms with Crippen LogP contribution in [-0.4, -0.2) is 38.2 Å². The van der Waals surface area contributed by atoms with Gasteiger partial charge < -0.3 is 10.4 Å². The van der Waals surface area contributed by atoms with Crippen LogP contribution >= 0.6 is 11.3 Å². The molecule has 2 aromatic heterocycles. The van der Waals surface area contributed by atoms with Gasteiger partial charge in [-0.3, -0.25) is 0 Å². The fourth-order valence-electron chi connectivity index (χ4n) is 1.56. The van der Waals surface area contributed by atoms with Gasteiger partial charge in [-0.1, -0.05) is 5.21 Å². The lowest BCUT2D eigenvalue weighted by atomic mass is 10.4. The van der Waals surface area contributed by atoms with E-state index in [1.165, 1.54) is 0 Å². The SMILES string of the molecule is Cc1csc(CCNCc2cn(CCO)nn2)n1. The monoisotopic (exact) mass is 267 g/mol.